The van der Waals surface area contributed by atoms with Gasteiger partial charge in [0.15, 0.2) is 0 Å². The Morgan fingerprint density at radius 1 is 1.21 bits per heavy atom. The number of benzene rings is 1. The van der Waals surface area contributed by atoms with E-state index in [0.29, 0.717) is 12.6 Å². The molecule has 3 heteroatoms. The van der Waals surface area contributed by atoms with Crippen molar-refractivity contribution < 1.29 is 4.79 Å². The first-order valence-electron chi connectivity index (χ1n) is 7.25. The van der Waals surface area contributed by atoms with Gasteiger partial charge in [-0.15, -0.1) is 0 Å². The maximum atomic E-state index is 12.3. The highest BCUT2D eigenvalue weighted by Crippen LogP contribution is 2.21. The molecule has 0 aliphatic carbocycles. The van der Waals surface area contributed by atoms with Crippen molar-refractivity contribution in [2.45, 2.75) is 45.6 Å². The number of likely N-dealkylation sites (N-methyl/N-ethyl adjacent to an activating group) is 1. The number of carbonyl (C=O) groups excluding carboxylic acids is 1. The fraction of sp³-hybridized carbons (Fsp3) is 0.562. The number of hydrogen-bond acceptors (Lipinski definition) is 2. The first-order chi connectivity index (χ1) is 9.19. The highest BCUT2D eigenvalue weighted by molar-refractivity contribution is 5.83. The first-order valence-corrected chi connectivity index (χ1v) is 7.25. The molecule has 0 saturated heterocycles. The van der Waals surface area contributed by atoms with Crippen LogP contribution in [0.2, 0.25) is 0 Å². The summed E-state index contributed by atoms with van der Waals surface area (Å²) in [5.41, 5.74) is 1.11. The summed E-state index contributed by atoms with van der Waals surface area (Å²) in [6.07, 6.45) is 1.90. The zero-order chi connectivity index (χ0) is 14.1. The molecule has 0 radical (unpaired) electrons. The van der Waals surface area contributed by atoms with Crippen LogP contribution in [0.1, 0.15) is 45.1 Å². The summed E-state index contributed by atoms with van der Waals surface area (Å²) in [5.74, 6) is 0.109. The van der Waals surface area contributed by atoms with Gasteiger partial charge in [-0.2, -0.15) is 0 Å². The van der Waals surface area contributed by atoms with Gasteiger partial charge in [-0.3, -0.25) is 4.79 Å². The lowest BCUT2D eigenvalue weighted by Crippen LogP contribution is -2.40. The molecular formula is C16H26N2O. The molecule has 1 amide bonds. The summed E-state index contributed by atoms with van der Waals surface area (Å²) >= 11 is 0. The largest absolute Gasteiger partial charge is 0.354 e. The van der Waals surface area contributed by atoms with E-state index < -0.39 is 0 Å². The summed E-state index contributed by atoms with van der Waals surface area (Å²) < 4.78 is 0. The van der Waals surface area contributed by atoms with Gasteiger partial charge in [0, 0.05) is 12.6 Å². The van der Waals surface area contributed by atoms with Crippen LogP contribution in [0.25, 0.3) is 0 Å². The molecule has 0 aromatic heterocycles. The van der Waals surface area contributed by atoms with E-state index in [1.165, 1.54) is 0 Å². The molecule has 0 spiro atoms. The average Bonchev–Trinajstić information content (AvgIpc) is 2.43. The van der Waals surface area contributed by atoms with Gasteiger partial charge < -0.3 is 10.6 Å². The van der Waals surface area contributed by atoms with Crippen LogP contribution in [0.15, 0.2) is 30.3 Å². The Labute approximate surface area is 116 Å². The van der Waals surface area contributed by atoms with E-state index in [2.05, 4.69) is 31.4 Å². The summed E-state index contributed by atoms with van der Waals surface area (Å²) in [5, 5.41) is 6.35. The normalized spacial score (nSPS) is 13.8. The van der Waals surface area contributed by atoms with E-state index in [4.69, 9.17) is 0 Å². The standard InChI is InChI=1S/C16H26N2O/c1-4-9-15(14-10-7-6-8-11-14)16(19)18-12-13(3)17-5-2/h6-8,10-11,13,15,17H,4-5,9,12H2,1-3H3,(H,18,19)/t13-,15?/m1/s1. The second-order valence-electron chi connectivity index (χ2n) is 4.96. The van der Waals surface area contributed by atoms with Gasteiger partial charge >= 0.3 is 0 Å². The number of hydrogen-bond donors (Lipinski definition) is 2. The number of nitrogens with one attached hydrogen (secondary N) is 2. The second kappa shape index (κ2) is 8.70. The van der Waals surface area contributed by atoms with Crippen molar-refractivity contribution in [1.29, 1.82) is 0 Å². The zero-order valence-corrected chi connectivity index (χ0v) is 12.3. The van der Waals surface area contributed by atoms with Crippen molar-refractivity contribution in [3.8, 4) is 0 Å². The minimum atomic E-state index is -0.0278. The number of amides is 1. The Balaban J connectivity index is 2.59. The van der Waals surface area contributed by atoms with Crippen LogP contribution >= 0.6 is 0 Å². The van der Waals surface area contributed by atoms with E-state index in [9.17, 15) is 4.79 Å². The molecular weight excluding hydrogens is 236 g/mol. The summed E-state index contributed by atoms with van der Waals surface area (Å²) in [6.45, 7) is 7.88. The Morgan fingerprint density at radius 2 is 1.89 bits per heavy atom. The van der Waals surface area contributed by atoms with Gasteiger partial charge in [0.05, 0.1) is 5.92 Å². The molecule has 0 bridgehead atoms. The van der Waals surface area contributed by atoms with Crippen molar-refractivity contribution in [3.63, 3.8) is 0 Å². The molecule has 1 rings (SSSR count). The van der Waals surface area contributed by atoms with Crippen molar-refractivity contribution >= 4 is 5.91 Å². The van der Waals surface area contributed by atoms with Crippen LogP contribution in [0.5, 0.6) is 0 Å². The van der Waals surface area contributed by atoms with Gasteiger partial charge in [-0.1, -0.05) is 50.6 Å². The fourth-order valence-electron chi connectivity index (χ4n) is 2.22. The molecule has 1 aromatic carbocycles. The van der Waals surface area contributed by atoms with E-state index in [1.807, 2.05) is 30.3 Å². The Morgan fingerprint density at radius 3 is 2.47 bits per heavy atom. The van der Waals surface area contributed by atoms with Gasteiger partial charge in [-0.25, -0.2) is 0 Å². The molecule has 2 N–H and O–H groups in total. The predicted molar refractivity (Wildman–Crippen MR) is 80.2 cm³/mol. The minimum Gasteiger partial charge on any atom is -0.354 e. The molecule has 0 heterocycles. The monoisotopic (exact) mass is 262 g/mol. The van der Waals surface area contributed by atoms with Crippen LogP contribution in [0.4, 0.5) is 0 Å². The zero-order valence-electron chi connectivity index (χ0n) is 12.3. The molecule has 3 nitrogen and oxygen atoms in total. The molecule has 1 aromatic rings. The van der Waals surface area contributed by atoms with E-state index in [1.54, 1.807) is 0 Å². The Kier molecular flexibility index (Phi) is 7.19. The lowest BCUT2D eigenvalue weighted by Gasteiger charge is -2.19. The highest BCUT2D eigenvalue weighted by atomic mass is 16.1. The van der Waals surface area contributed by atoms with Crippen LogP contribution in [-0.2, 0) is 4.79 Å². The van der Waals surface area contributed by atoms with E-state index in [0.717, 1.165) is 24.9 Å². The molecule has 0 aliphatic rings. The van der Waals surface area contributed by atoms with Gasteiger partial charge in [-0.05, 0) is 25.5 Å². The van der Waals surface area contributed by atoms with Crippen LogP contribution in [0, 0.1) is 0 Å². The third-order valence-electron chi connectivity index (χ3n) is 3.23. The maximum Gasteiger partial charge on any atom is 0.227 e. The maximum absolute atomic E-state index is 12.3. The van der Waals surface area contributed by atoms with Gasteiger partial charge in [0.2, 0.25) is 5.91 Å². The molecule has 19 heavy (non-hydrogen) atoms. The van der Waals surface area contributed by atoms with E-state index in [-0.39, 0.29) is 11.8 Å². The van der Waals surface area contributed by atoms with Gasteiger partial charge in [0.1, 0.15) is 0 Å². The topological polar surface area (TPSA) is 41.1 Å². The Hall–Kier alpha value is -1.35. The third-order valence-corrected chi connectivity index (χ3v) is 3.23. The smallest absolute Gasteiger partial charge is 0.227 e. The Bertz CT molecular complexity index is 364. The SMILES string of the molecule is CCCC(C(=O)NC[C@@H](C)NCC)c1ccccc1. The molecule has 0 aliphatic heterocycles. The second-order valence-corrected chi connectivity index (χ2v) is 4.96. The number of rotatable bonds is 8. The van der Waals surface area contributed by atoms with Gasteiger partial charge in [0.25, 0.3) is 0 Å². The molecule has 106 valence electrons. The minimum absolute atomic E-state index is 0.0278. The average molecular weight is 262 g/mol. The highest BCUT2D eigenvalue weighted by Gasteiger charge is 2.19. The predicted octanol–water partition coefficient (Wildman–Crippen LogP) is 2.68. The van der Waals surface area contributed by atoms with Crippen molar-refractivity contribution in [1.82, 2.24) is 10.6 Å². The molecule has 0 fully saturated rings. The lowest BCUT2D eigenvalue weighted by molar-refractivity contribution is -0.122. The fourth-order valence-corrected chi connectivity index (χ4v) is 2.22. The first kappa shape index (κ1) is 15.7. The molecule has 0 saturated carbocycles. The quantitative estimate of drug-likeness (QED) is 0.756. The third kappa shape index (κ3) is 5.43. The lowest BCUT2D eigenvalue weighted by atomic mass is 9.93. The van der Waals surface area contributed by atoms with Crippen molar-refractivity contribution in [2.75, 3.05) is 13.1 Å². The van der Waals surface area contributed by atoms with E-state index >= 15 is 0 Å². The van der Waals surface area contributed by atoms with Crippen LogP contribution in [0.3, 0.4) is 0 Å². The summed E-state index contributed by atoms with van der Waals surface area (Å²) in [4.78, 5) is 12.3. The summed E-state index contributed by atoms with van der Waals surface area (Å²) in [7, 11) is 0. The van der Waals surface area contributed by atoms with Crippen LogP contribution in [-0.4, -0.2) is 25.0 Å². The molecule has 1 unspecified atom stereocenters. The van der Waals surface area contributed by atoms with Crippen LogP contribution < -0.4 is 10.6 Å². The number of carbonyl (C=O) groups is 1. The molecule has 2 atom stereocenters. The van der Waals surface area contributed by atoms with Crippen molar-refractivity contribution in [2.24, 2.45) is 0 Å². The van der Waals surface area contributed by atoms with Crippen molar-refractivity contribution in [3.05, 3.63) is 35.9 Å². The summed E-state index contributed by atoms with van der Waals surface area (Å²) in [6, 6.07) is 10.4.